The minimum Gasteiger partial charge on any atom is -0.309 e. The van der Waals surface area contributed by atoms with Gasteiger partial charge >= 0.3 is 0 Å². The number of para-hydroxylation sites is 1. The van der Waals surface area contributed by atoms with Gasteiger partial charge in [0, 0.05) is 53.1 Å². The van der Waals surface area contributed by atoms with E-state index >= 15 is 0 Å². The molecule has 0 spiro atoms. The molecule has 0 N–H and O–H groups in total. The van der Waals surface area contributed by atoms with Crippen molar-refractivity contribution in [3.05, 3.63) is 267 Å². The maximum Gasteiger partial charge on any atom is 0.179 e. The van der Waals surface area contributed by atoms with Crippen molar-refractivity contribution in [2.24, 2.45) is 0 Å². The number of thiophene rings is 1. The van der Waals surface area contributed by atoms with Crippen molar-refractivity contribution in [3.8, 4) is 33.6 Å². The Hall–Kier alpha value is -8.54. The normalized spacial score (nSPS) is 12.0. The highest BCUT2D eigenvalue weighted by molar-refractivity contribution is 7.25. The Labute approximate surface area is 411 Å². The topological polar surface area (TPSA) is 9.86 Å². The van der Waals surface area contributed by atoms with Crippen LogP contribution in [0.4, 0.5) is 0 Å². The molecule has 328 valence electrons. The van der Waals surface area contributed by atoms with E-state index in [2.05, 4.69) is 276 Å². The maximum atomic E-state index is 2.49. The first-order valence-electron chi connectivity index (χ1n) is 24.1. The molecule has 3 heterocycles. The summed E-state index contributed by atoms with van der Waals surface area (Å²) >= 11 is 1.87. The molecule has 0 aliphatic carbocycles. The molecule has 3 aromatic heterocycles. The lowest BCUT2D eigenvalue weighted by atomic mass is 9.96. The number of aromatic nitrogens is 2. The molecule has 0 saturated heterocycles. The fourth-order valence-electron chi connectivity index (χ4n) is 11.6. The van der Waals surface area contributed by atoms with E-state index in [0.29, 0.717) is 0 Å². The van der Waals surface area contributed by atoms with Gasteiger partial charge in [0.05, 0.1) is 22.1 Å². The number of hydrogen-bond donors (Lipinski definition) is 0. The van der Waals surface area contributed by atoms with Crippen LogP contribution in [0.15, 0.2) is 267 Å². The standard InChI is InChI=1S/C66H44N2SSi/c1-5-19-45(20-6-1)46-35-38-62-59(41-46)66-54(47-36-40-65-58(42-47)56-30-14-16-34-64(56)69-65)31-18-33-63(66)68(62)49-37-39-61-57(44-49)55-29-13-15-32-60(55)67(61)48-21-17-28-53(43-48)70(50-22-7-2-8-23-50,51-24-9-3-10-25-51)52-26-11-4-12-27-52/h1-44H. The van der Waals surface area contributed by atoms with Gasteiger partial charge < -0.3 is 9.13 Å². The molecule has 2 nitrogen and oxygen atoms in total. The van der Waals surface area contributed by atoms with Gasteiger partial charge in [0.1, 0.15) is 0 Å². The van der Waals surface area contributed by atoms with E-state index in [4.69, 9.17) is 0 Å². The quantitative estimate of drug-likeness (QED) is 0.106. The Kier molecular flexibility index (Phi) is 9.44. The molecule has 11 aromatic carbocycles. The second-order valence-corrected chi connectivity index (χ2v) is 23.3. The van der Waals surface area contributed by atoms with Gasteiger partial charge in [-0.05, 0) is 116 Å². The number of hydrogen-bond acceptors (Lipinski definition) is 1. The maximum absolute atomic E-state index is 2.77. The SMILES string of the molecule is c1ccc(-c2ccc3c(c2)c2c(-c4ccc5sc6ccccc6c5c4)cccc2n3-c2ccc3c(c2)c2ccccc2n3-c2cccc([Si](c3ccccc3)(c3ccccc3)c3ccccc3)c2)cc1. The number of benzene rings is 11. The highest BCUT2D eigenvalue weighted by Gasteiger charge is 2.41. The van der Waals surface area contributed by atoms with Crippen molar-refractivity contribution in [2.45, 2.75) is 0 Å². The van der Waals surface area contributed by atoms with E-state index in [-0.39, 0.29) is 0 Å². The Morgan fingerprint density at radius 1 is 0.271 bits per heavy atom. The summed E-state index contributed by atoms with van der Waals surface area (Å²) in [4.78, 5) is 0. The Balaban J connectivity index is 0.989. The molecular weight excluding hydrogens is 881 g/mol. The van der Waals surface area contributed by atoms with Crippen molar-refractivity contribution < 1.29 is 0 Å². The lowest BCUT2D eigenvalue weighted by Gasteiger charge is -2.34. The van der Waals surface area contributed by atoms with Gasteiger partial charge in [-0.3, -0.25) is 0 Å². The minimum atomic E-state index is -2.77. The second kappa shape index (κ2) is 16.3. The Bertz CT molecular complexity index is 4190. The minimum absolute atomic E-state index is 1.14. The van der Waals surface area contributed by atoms with E-state index in [1.807, 2.05) is 11.3 Å². The molecular formula is C66H44N2SSi. The average molecular weight is 925 g/mol. The third kappa shape index (κ3) is 6.24. The second-order valence-electron chi connectivity index (χ2n) is 18.4. The van der Waals surface area contributed by atoms with Gasteiger partial charge in [-0.2, -0.15) is 0 Å². The first-order valence-corrected chi connectivity index (χ1v) is 26.9. The van der Waals surface area contributed by atoms with Crippen LogP contribution >= 0.6 is 11.3 Å². The molecule has 14 rings (SSSR count). The molecule has 0 aliphatic rings. The van der Waals surface area contributed by atoms with E-state index in [0.717, 1.165) is 11.4 Å². The summed E-state index contributed by atoms with van der Waals surface area (Å²) in [5.41, 5.74) is 11.9. The van der Waals surface area contributed by atoms with Crippen LogP contribution in [0.1, 0.15) is 0 Å². The lowest BCUT2D eigenvalue weighted by Crippen LogP contribution is -2.74. The van der Waals surface area contributed by atoms with Crippen molar-refractivity contribution in [3.63, 3.8) is 0 Å². The molecule has 0 fully saturated rings. The molecule has 0 bridgehead atoms. The summed E-state index contributed by atoms with van der Waals surface area (Å²) in [5.74, 6) is 0. The first kappa shape index (κ1) is 40.5. The highest BCUT2D eigenvalue weighted by atomic mass is 32.1. The van der Waals surface area contributed by atoms with Gasteiger partial charge in [-0.15, -0.1) is 11.3 Å². The number of fused-ring (bicyclic) bond motifs is 9. The van der Waals surface area contributed by atoms with E-state index in [9.17, 15) is 0 Å². The van der Waals surface area contributed by atoms with E-state index < -0.39 is 8.07 Å². The largest absolute Gasteiger partial charge is 0.309 e. The van der Waals surface area contributed by atoms with E-state index in [1.165, 1.54) is 107 Å². The molecule has 0 amide bonds. The van der Waals surface area contributed by atoms with Crippen LogP contribution in [0.5, 0.6) is 0 Å². The van der Waals surface area contributed by atoms with Gasteiger partial charge in [0.25, 0.3) is 0 Å². The van der Waals surface area contributed by atoms with Crippen LogP contribution in [-0.4, -0.2) is 17.2 Å². The van der Waals surface area contributed by atoms with Crippen LogP contribution in [0.3, 0.4) is 0 Å². The number of rotatable bonds is 8. The molecule has 0 unspecified atom stereocenters. The highest BCUT2D eigenvalue weighted by Crippen LogP contribution is 2.43. The van der Waals surface area contributed by atoms with Gasteiger partial charge in [0.15, 0.2) is 8.07 Å². The van der Waals surface area contributed by atoms with Gasteiger partial charge in [-0.1, -0.05) is 194 Å². The summed E-state index contributed by atoms with van der Waals surface area (Å²) in [7, 11) is -2.77. The molecule has 0 atom stereocenters. The number of nitrogens with zero attached hydrogens (tertiary/aromatic N) is 2. The molecule has 70 heavy (non-hydrogen) atoms. The first-order chi connectivity index (χ1) is 34.7. The molecule has 0 aliphatic heterocycles. The van der Waals surface area contributed by atoms with Crippen LogP contribution in [-0.2, 0) is 0 Å². The molecule has 0 saturated carbocycles. The van der Waals surface area contributed by atoms with Crippen molar-refractivity contribution in [2.75, 3.05) is 0 Å². The van der Waals surface area contributed by atoms with Gasteiger partial charge in [0.2, 0.25) is 0 Å². The average Bonchev–Trinajstić information content (AvgIpc) is 4.09. The predicted molar refractivity (Wildman–Crippen MR) is 302 cm³/mol. The van der Waals surface area contributed by atoms with Crippen molar-refractivity contribution >= 4 is 104 Å². The van der Waals surface area contributed by atoms with Crippen LogP contribution in [0, 0.1) is 0 Å². The Morgan fingerprint density at radius 3 is 1.53 bits per heavy atom. The van der Waals surface area contributed by atoms with E-state index in [1.54, 1.807) is 0 Å². The summed E-state index contributed by atoms with van der Waals surface area (Å²) in [6, 6.07) is 99.6. The van der Waals surface area contributed by atoms with Crippen LogP contribution in [0.2, 0.25) is 0 Å². The fraction of sp³-hybridized carbons (Fsp3) is 0. The fourth-order valence-corrected chi connectivity index (χ4v) is 17.5. The predicted octanol–water partition coefficient (Wildman–Crippen LogP) is 15.0. The zero-order valence-electron chi connectivity index (χ0n) is 38.2. The van der Waals surface area contributed by atoms with Gasteiger partial charge in [-0.25, -0.2) is 0 Å². The summed E-state index contributed by atoms with van der Waals surface area (Å²) in [5, 5.41) is 13.0. The van der Waals surface area contributed by atoms with Crippen molar-refractivity contribution in [1.82, 2.24) is 9.13 Å². The smallest absolute Gasteiger partial charge is 0.179 e. The van der Waals surface area contributed by atoms with Crippen LogP contribution in [0.25, 0.3) is 97.4 Å². The zero-order valence-corrected chi connectivity index (χ0v) is 40.0. The summed E-state index contributed by atoms with van der Waals surface area (Å²) in [6.07, 6.45) is 0. The molecule has 4 heteroatoms. The summed E-state index contributed by atoms with van der Waals surface area (Å²) < 4.78 is 7.61. The molecule has 0 radical (unpaired) electrons. The van der Waals surface area contributed by atoms with Crippen LogP contribution < -0.4 is 20.7 Å². The zero-order chi connectivity index (χ0) is 46.2. The molecule has 14 aromatic rings. The lowest BCUT2D eigenvalue weighted by molar-refractivity contribution is 1.17. The monoisotopic (exact) mass is 924 g/mol. The summed E-state index contributed by atoms with van der Waals surface area (Å²) in [6.45, 7) is 0. The third-order valence-electron chi connectivity index (χ3n) is 14.7. The van der Waals surface area contributed by atoms with Crippen molar-refractivity contribution in [1.29, 1.82) is 0 Å². The third-order valence-corrected chi connectivity index (χ3v) is 20.6. The Morgan fingerprint density at radius 2 is 0.786 bits per heavy atom.